The zero-order valence-electron chi connectivity index (χ0n) is 13.1. The van der Waals surface area contributed by atoms with Gasteiger partial charge in [0.1, 0.15) is 0 Å². The van der Waals surface area contributed by atoms with Crippen molar-refractivity contribution in [3.05, 3.63) is 61.3 Å². The summed E-state index contributed by atoms with van der Waals surface area (Å²) in [7, 11) is 0. The Morgan fingerprint density at radius 3 is 2.50 bits per heavy atom. The summed E-state index contributed by atoms with van der Waals surface area (Å²) in [5.74, 6) is -1.86. The van der Waals surface area contributed by atoms with Gasteiger partial charge in [-0.3, -0.25) is 14.9 Å². The molecular weight excluding hydrogens is 332 g/mol. The summed E-state index contributed by atoms with van der Waals surface area (Å²) < 4.78 is 0. The Bertz CT molecular complexity index is 767. The fraction of sp³-hybridized carbons (Fsp3) is 0.250. The van der Waals surface area contributed by atoms with Gasteiger partial charge in [-0.2, -0.15) is 0 Å². The summed E-state index contributed by atoms with van der Waals surface area (Å²) in [4.78, 5) is 35.8. The first kappa shape index (κ1) is 17.6. The highest BCUT2D eigenvalue weighted by Gasteiger charge is 2.18. The Labute approximate surface area is 142 Å². The number of carbonyl (C=O) groups excluding carboxylic acids is 1. The zero-order valence-corrected chi connectivity index (χ0v) is 13.9. The molecule has 0 bridgehead atoms. The number of hydrogen-bond acceptors (Lipinski definition) is 5. The van der Waals surface area contributed by atoms with Crippen molar-refractivity contribution < 1.29 is 19.6 Å². The number of nitro benzene ring substituents is 1. The molecule has 1 aromatic heterocycles. The number of carboxylic acid groups (broad SMARTS) is 1. The highest BCUT2D eigenvalue weighted by Crippen LogP contribution is 2.19. The van der Waals surface area contributed by atoms with Crippen LogP contribution >= 0.6 is 11.3 Å². The molecule has 0 saturated carbocycles. The van der Waals surface area contributed by atoms with E-state index >= 15 is 0 Å². The van der Waals surface area contributed by atoms with Crippen molar-refractivity contribution >= 4 is 28.9 Å². The maximum atomic E-state index is 12.3. The predicted molar refractivity (Wildman–Crippen MR) is 89.7 cm³/mol. The molecule has 1 unspecified atom stereocenters. The molecule has 1 heterocycles. The SMILES string of the molecule is Cc1ccc(CC(C)NC(=O)c2cc(C(=O)O)cc([N+](=O)[O-])c2)s1. The van der Waals surface area contributed by atoms with Gasteiger partial charge >= 0.3 is 5.97 Å². The molecule has 2 rings (SSSR count). The number of amides is 1. The number of carbonyl (C=O) groups is 2. The van der Waals surface area contributed by atoms with Gasteiger partial charge < -0.3 is 10.4 Å². The van der Waals surface area contributed by atoms with Crippen molar-refractivity contribution in [3.63, 3.8) is 0 Å². The van der Waals surface area contributed by atoms with E-state index in [9.17, 15) is 19.7 Å². The van der Waals surface area contributed by atoms with Gasteiger partial charge in [-0.1, -0.05) is 0 Å². The van der Waals surface area contributed by atoms with Crippen molar-refractivity contribution in [1.29, 1.82) is 0 Å². The van der Waals surface area contributed by atoms with Gasteiger partial charge in [-0.25, -0.2) is 4.79 Å². The third kappa shape index (κ3) is 4.39. The summed E-state index contributed by atoms with van der Waals surface area (Å²) in [6, 6.07) is 6.92. The first-order chi connectivity index (χ1) is 11.3. The van der Waals surface area contributed by atoms with E-state index in [0.717, 1.165) is 23.1 Å². The first-order valence-electron chi connectivity index (χ1n) is 7.15. The molecule has 1 atom stereocenters. The number of benzene rings is 1. The van der Waals surface area contributed by atoms with Crippen molar-refractivity contribution in [2.75, 3.05) is 0 Å². The molecule has 2 N–H and O–H groups in total. The molecule has 1 aromatic carbocycles. The third-order valence-electron chi connectivity index (χ3n) is 3.32. The number of nitrogens with zero attached hydrogens (tertiary/aromatic N) is 1. The number of non-ortho nitro benzene ring substituents is 1. The Morgan fingerprint density at radius 1 is 1.29 bits per heavy atom. The monoisotopic (exact) mass is 348 g/mol. The molecule has 1 amide bonds. The maximum Gasteiger partial charge on any atom is 0.335 e. The van der Waals surface area contributed by atoms with Crippen LogP contribution in [0.2, 0.25) is 0 Å². The van der Waals surface area contributed by atoms with E-state index in [4.69, 9.17) is 5.11 Å². The van der Waals surface area contributed by atoms with Crippen LogP contribution in [-0.4, -0.2) is 27.9 Å². The fourth-order valence-electron chi connectivity index (χ4n) is 2.23. The lowest BCUT2D eigenvalue weighted by atomic mass is 10.1. The lowest BCUT2D eigenvalue weighted by Crippen LogP contribution is -2.34. The molecular formula is C16H16N2O5S. The molecule has 2 aromatic rings. The number of aryl methyl sites for hydroxylation is 1. The molecule has 0 radical (unpaired) electrons. The minimum absolute atomic E-state index is 0.0455. The van der Waals surface area contributed by atoms with E-state index in [1.165, 1.54) is 4.88 Å². The van der Waals surface area contributed by atoms with E-state index in [1.807, 2.05) is 26.0 Å². The van der Waals surface area contributed by atoms with Gasteiger partial charge in [-0.05, 0) is 32.0 Å². The van der Waals surface area contributed by atoms with Gasteiger partial charge in [0, 0.05) is 39.9 Å². The van der Waals surface area contributed by atoms with E-state index in [0.29, 0.717) is 6.42 Å². The van der Waals surface area contributed by atoms with Gasteiger partial charge in [-0.15, -0.1) is 11.3 Å². The Morgan fingerprint density at radius 2 is 1.96 bits per heavy atom. The third-order valence-corrected chi connectivity index (χ3v) is 4.34. The maximum absolute atomic E-state index is 12.3. The van der Waals surface area contributed by atoms with E-state index in [2.05, 4.69) is 5.32 Å². The summed E-state index contributed by atoms with van der Waals surface area (Å²) >= 11 is 1.63. The number of thiophene rings is 1. The molecule has 0 fully saturated rings. The van der Waals surface area contributed by atoms with E-state index in [1.54, 1.807) is 11.3 Å². The average molecular weight is 348 g/mol. The Hall–Kier alpha value is -2.74. The van der Waals surface area contributed by atoms with Crippen molar-refractivity contribution in [3.8, 4) is 0 Å². The molecule has 0 aliphatic heterocycles. The second kappa shape index (κ2) is 7.22. The second-order valence-corrected chi connectivity index (χ2v) is 6.79. The quantitative estimate of drug-likeness (QED) is 0.616. The van der Waals surface area contributed by atoms with Crippen LogP contribution < -0.4 is 5.32 Å². The van der Waals surface area contributed by atoms with Crippen LogP contribution in [-0.2, 0) is 6.42 Å². The van der Waals surface area contributed by atoms with Crippen molar-refractivity contribution in [2.45, 2.75) is 26.3 Å². The summed E-state index contributed by atoms with van der Waals surface area (Å²) in [6.45, 7) is 3.82. The van der Waals surface area contributed by atoms with Crippen molar-refractivity contribution in [2.24, 2.45) is 0 Å². The summed E-state index contributed by atoms with van der Waals surface area (Å²) in [6.07, 6.45) is 0.630. The molecule has 0 aliphatic carbocycles. The average Bonchev–Trinajstić information content (AvgIpc) is 2.91. The number of nitrogens with one attached hydrogen (secondary N) is 1. The number of hydrogen-bond donors (Lipinski definition) is 2. The molecule has 24 heavy (non-hydrogen) atoms. The highest BCUT2D eigenvalue weighted by atomic mass is 32.1. The lowest BCUT2D eigenvalue weighted by molar-refractivity contribution is -0.384. The standard InChI is InChI=1S/C16H16N2O5S/c1-9(5-14-4-3-10(2)24-14)17-15(19)11-6-12(16(20)21)8-13(7-11)18(22)23/h3-4,6-9H,5H2,1-2H3,(H,17,19)(H,20,21). The van der Waals surface area contributed by atoms with E-state index in [-0.39, 0.29) is 17.2 Å². The number of carboxylic acids is 1. The normalized spacial score (nSPS) is 11.8. The van der Waals surface area contributed by atoms with Gasteiger partial charge in [0.25, 0.3) is 11.6 Å². The summed E-state index contributed by atoms with van der Waals surface area (Å²) in [5, 5.41) is 22.7. The van der Waals surface area contributed by atoms with Gasteiger partial charge in [0.2, 0.25) is 0 Å². The molecule has 0 aliphatic rings. The lowest BCUT2D eigenvalue weighted by Gasteiger charge is -2.13. The molecule has 0 spiro atoms. The van der Waals surface area contributed by atoms with Gasteiger partial charge in [0.15, 0.2) is 0 Å². The first-order valence-corrected chi connectivity index (χ1v) is 7.97. The zero-order chi connectivity index (χ0) is 17.9. The highest BCUT2D eigenvalue weighted by molar-refractivity contribution is 7.11. The second-order valence-electron chi connectivity index (χ2n) is 5.42. The largest absolute Gasteiger partial charge is 0.478 e. The summed E-state index contributed by atoms with van der Waals surface area (Å²) in [5.41, 5.74) is -0.770. The number of rotatable bonds is 6. The smallest absolute Gasteiger partial charge is 0.335 e. The van der Waals surface area contributed by atoms with Crippen LogP contribution in [0.5, 0.6) is 0 Å². The topological polar surface area (TPSA) is 110 Å². The van der Waals surface area contributed by atoms with Crippen LogP contribution in [0.3, 0.4) is 0 Å². The minimum atomic E-state index is -1.32. The molecule has 126 valence electrons. The van der Waals surface area contributed by atoms with Crippen LogP contribution in [0, 0.1) is 17.0 Å². The van der Waals surface area contributed by atoms with Crippen LogP contribution in [0.4, 0.5) is 5.69 Å². The predicted octanol–water partition coefficient (Wildman–Crippen LogP) is 3.02. The van der Waals surface area contributed by atoms with Crippen LogP contribution in [0.15, 0.2) is 30.3 Å². The van der Waals surface area contributed by atoms with E-state index < -0.39 is 22.5 Å². The molecule has 0 saturated heterocycles. The van der Waals surface area contributed by atoms with Crippen LogP contribution in [0.25, 0.3) is 0 Å². The Balaban J connectivity index is 2.16. The minimum Gasteiger partial charge on any atom is -0.478 e. The molecule has 7 nitrogen and oxygen atoms in total. The molecule has 8 heteroatoms. The number of nitro groups is 1. The number of aromatic carboxylic acids is 1. The fourth-order valence-corrected chi connectivity index (χ4v) is 3.24. The van der Waals surface area contributed by atoms with Crippen LogP contribution in [0.1, 0.15) is 37.4 Å². The van der Waals surface area contributed by atoms with Gasteiger partial charge in [0.05, 0.1) is 10.5 Å². The Kier molecular flexibility index (Phi) is 5.30. The van der Waals surface area contributed by atoms with Crippen molar-refractivity contribution in [1.82, 2.24) is 5.32 Å².